The number of carbonyl (C=O) groups is 1. The van der Waals surface area contributed by atoms with Crippen LogP contribution >= 0.6 is 11.6 Å². The van der Waals surface area contributed by atoms with Crippen LogP contribution in [0.1, 0.15) is 26.3 Å². The van der Waals surface area contributed by atoms with Crippen LogP contribution in [0.4, 0.5) is 4.79 Å². The first-order chi connectivity index (χ1) is 10.2. The topological polar surface area (TPSA) is 78.8 Å². The van der Waals surface area contributed by atoms with Gasteiger partial charge in [0.2, 0.25) is 0 Å². The maximum absolute atomic E-state index is 11.6. The molecule has 0 spiro atoms. The van der Waals surface area contributed by atoms with E-state index in [4.69, 9.17) is 16.3 Å². The van der Waals surface area contributed by atoms with Crippen LogP contribution in [0.25, 0.3) is 6.08 Å². The van der Waals surface area contributed by atoms with Gasteiger partial charge in [-0.1, -0.05) is 35.9 Å². The van der Waals surface area contributed by atoms with E-state index in [1.54, 1.807) is 51.1 Å². The normalized spacial score (nSPS) is 14.6. The maximum Gasteiger partial charge on any atom is 0.408 e. The fraction of sp³-hybridized carbons (Fsp3) is 0.438. The number of benzene rings is 1. The van der Waals surface area contributed by atoms with Crippen molar-refractivity contribution in [2.75, 3.05) is 6.61 Å². The van der Waals surface area contributed by atoms with Gasteiger partial charge >= 0.3 is 6.09 Å². The van der Waals surface area contributed by atoms with E-state index < -0.39 is 30.4 Å². The number of hydrogen-bond donors (Lipinski definition) is 3. The molecular formula is C16H22ClNO4. The van der Waals surface area contributed by atoms with Crippen molar-refractivity contribution in [2.24, 2.45) is 0 Å². The number of carbonyl (C=O) groups excluding carboxylic acids is 1. The number of rotatable bonds is 5. The SMILES string of the molecule is CC(C)(C)OC(=O)NC(CO)[C@H](O)C=Cc1ccc(Cl)cc1. The fourth-order valence-corrected chi connectivity index (χ4v) is 1.74. The Morgan fingerprint density at radius 1 is 1.36 bits per heavy atom. The van der Waals surface area contributed by atoms with Crippen LogP contribution < -0.4 is 5.32 Å². The second-order valence-corrected chi connectivity index (χ2v) is 6.27. The van der Waals surface area contributed by atoms with Gasteiger partial charge in [0, 0.05) is 5.02 Å². The first-order valence-corrected chi connectivity index (χ1v) is 7.31. The fourth-order valence-electron chi connectivity index (χ4n) is 1.62. The molecule has 0 saturated heterocycles. The van der Waals surface area contributed by atoms with Crippen LogP contribution in [0.15, 0.2) is 30.3 Å². The monoisotopic (exact) mass is 327 g/mol. The lowest BCUT2D eigenvalue weighted by Gasteiger charge is -2.24. The number of amides is 1. The molecule has 0 aliphatic heterocycles. The number of halogens is 1. The van der Waals surface area contributed by atoms with Crippen LogP contribution in [0.5, 0.6) is 0 Å². The highest BCUT2D eigenvalue weighted by Gasteiger charge is 2.22. The zero-order chi connectivity index (χ0) is 16.8. The molecule has 1 rings (SSSR count). The third-order valence-electron chi connectivity index (χ3n) is 2.67. The molecule has 1 aromatic rings. The van der Waals surface area contributed by atoms with Crippen molar-refractivity contribution in [1.29, 1.82) is 0 Å². The van der Waals surface area contributed by atoms with Crippen molar-refractivity contribution >= 4 is 23.8 Å². The van der Waals surface area contributed by atoms with Gasteiger partial charge in [-0.15, -0.1) is 0 Å². The van der Waals surface area contributed by atoms with Crippen LogP contribution in [0, 0.1) is 0 Å². The highest BCUT2D eigenvalue weighted by molar-refractivity contribution is 6.30. The molecule has 2 atom stereocenters. The Labute approximate surface area is 135 Å². The standard InChI is InChI=1S/C16H22ClNO4/c1-16(2,3)22-15(21)18-13(10-19)14(20)9-6-11-4-7-12(17)8-5-11/h4-9,13-14,19-20H,10H2,1-3H3,(H,18,21)/t13?,14-/m1/s1. The summed E-state index contributed by atoms with van der Waals surface area (Å²) < 4.78 is 5.09. The van der Waals surface area contributed by atoms with Crippen LogP contribution in [0.2, 0.25) is 5.02 Å². The third-order valence-corrected chi connectivity index (χ3v) is 2.92. The van der Waals surface area contributed by atoms with Crippen LogP contribution in [-0.2, 0) is 4.74 Å². The van der Waals surface area contributed by atoms with Gasteiger partial charge in [-0.05, 0) is 38.5 Å². The summed E-state index contributed by atoms with van der Waals surface area (Å²) in [7, 11) is 0. The predicted octanol–water partition coefficient (Wildman–Crippen LogP) is 2.60. The number of ether oxygens (including phenoxy) is 1. The largest absolute Gasteiger partial charge is 0.444 e. The van der Waals surface area contributed by atoms with E-state index in [0.29, 0.717) is 5.02 Å². The predicted molar refractivity (Wildman–Crippen MR) is 86.7 cm³/mol. The van der Waals surface area contributed by atoms with Gasteiger partial charge in [0.25, 0.3) is 0 Å². The summed E-state index contributed by atoms with van der Waals surface area (Å²) in [4.78, 5) is 11.6. The molecule has 5 nitrogen and oxygen atoms in total. The minimum atomic E-state index is -1.05. The zero-order valence-electron chi connectivity index (χ0n) is 12.9. The van der Waals surface area contributed by atoms with Gasteiger partial charge in [-0.2, -0.15) is 0 Å². The molecule has 0 heterocycles. The summed E-state index contributed by atoms with van der Waals surface area (Å²) in [6.45, 7) is 4.79. The van der Waals surface area contributed by atoms with E-state index in [2.05, 4.69) is 5.32 Å². The van der Waals surface area contributed by atoms with E-state index >= 15 is 0 Å². The molecule has 1 aromatic carbocycles. The molecule has 22 heavy (non-hydrogen) atoms. The van der Waals surface area contributed by atoms with E-state index in [1.165, 1.54) is 6.08 Å². The molecule has 0 saturated carbocycles. The molecular weight excluding hydrogens is 306 g/mol. The molecule has 0 aliphatic rings. The Morgan fingerprint density at radius 3 is 2.45 bits per heavy atom. The smallest absolute Gasteiger partial charge is 0.408 e. The number of alkyl carbamates (subject to hydrolysis) is 1. The number of hydrogen-bond acceptors (Lipinski definition) is 4. The lowest BCUT2D eigenvalue weighted by atomic mass is 10.1. The zero-order valence-corrected chi connectivity index (χ0v) is 13.7. The molecule has 3 N–H and O–H groups in total. The molecule has 1 unspecified atom stereocenters. The van der Waals surface area contributed by atoms with Crippen molar-refractivity contribution < 1.29 is 19.7 Å². The Hall–Kier alpha value is -1.56. The van der Waals surface area contributed by atoms with E-state index in [9.17, 15) is 15.0 Å². The molecule has 1 amide bonds. The van der Waals surface area contributed by atoms with Gasteiger partial charge in [-0.25, -0.2) is 4.79 Å². The number of aliphatic hydroxyl groups is 2. The minimum Gasteiger partial charge on any atom is -0.444 e. The van der Waals surface area contributed by atoms with E-state index in [0.717, 1.165) is 5.56 Å². The average molecular weight is 328 g/mol. The second kappa shape index (κ2) is 8.17. The molecule has 0 bridgehead atoms. The second-order valence-electron chi connectivity index (χ2n) is 5.84. The van der Waals surface area contributed by atoms with Crippen molar-refractivity contribution in [1.82, 2.24) is 5.32 Å². The van der Waals surface area contributed by atoms with Crippen molar-refractivity contribution in [3.63, 3.8) is 0 Å². The number of nitrogens with one attached hydrogen (secondary N) is 1. The average Bonchev–Trinajstić information content (AvgIpc) is 2.42. The quantitative estimate of drug-likeness (QED) is 0.776. The summed E-state index contributed by atoms with van der Waals surface area (Å²) in [5, 5.41) is 22.4. The maximum atomic E-state index is 11.6. The summed E-state index contributed by atoms with van der Waals surface area (Å²) in [5.74, 6) is 0. The van der Waals surface area contributed by atoms with E-state index in [-0.39, 0.29) is 0 Å². The van der Waals surface area contributed by atoms with Gasteiger partial charge in [0.05, 0.1) is 18.8 Å². The molecule has 0 aliphatic carbocycles. The Kier molecular flexibility index (Phi) is 6.87. The Morgan fingerprint density at radius 2 is 1.95 bits per heavy atom. The van der Waals surface area contributed by atoms with Gasteiger partial charge < -0.3 is 20.3 Å². The van der Waals surface area contributed by atoms with E-state index in [1.807, 2.05) is 0 Å². The first kappa shape index (κ1) is 18.5. The van der Waals surface area contributed by atoms with Crippen molar-refractivity contribution in [2.45, 2.75) is 38.5 Å². The number of aliphatic hydroxyl groups excluding tert-OH is 2. The minimum absolute atomic E-state index is 0.411. The lowest BCUT2D eigenvalue weighted by Crippen LogP contribution is -2.46. The molecule has 6 heteroatoms. The Balaban J connectivity index is 2.62. The molecule has 0 fully saturated rings. The van der Waals surface area contributed by atoms with Gasteiger partial charge in [-0.3, -0.25) is 0 Å². The van der Waals surface area contributed by atoms with Crippen molar-refractivity contribution in [3.8, 4) is 0 Å². The van der Waals surface area contributed by atoms with Crippen molar-refractivity contribution in [3.05, 3.63) is 40.9 Å². The lowest BCUT2D eigenvalue weighted by molar-refractivity contribution is 0.0406. The summed E-state index contributed by atoms with van der Waals surface area (Å²) in [6, 6.07) is 6.20. The Bertz CT molecular complexity index is 508. The third kappa shape index (κ3) is 6.93. The van der Waals surface area contributed by atoms with Crippen LogP contribution in [-0.4, -0.2) is 40.7 Å². The summed E-state index contributed by atoms with van der Waals surface area (Å²) >= 11 is 5.79. The summed E-state index contributed by atoms with van der Waals surface area (Å²) in [6.07, 6.45) is 1.43. The van der Waals surface area contributed by atoms with Gasteiger partial charge in [0.1, 0.15) is 5.60 Å². The first-order valence-electron chi connectivity index (χ1n) is 6.93. The van der Waals surface area contributed by atoms with Crippen LogP contribution in [0.3, 0.4) is 0 Å². The molecule has 122 valence electrons. The highest BCUT2D eigenvalue weighted by atomic mass is 35.5. The molecule has 0 radical (unpaired) electrons. The highest BCUT2D eigenvalue weighted by Crippen LogP contribution is 2.12. The van der Waals surface area contributed by atoms with Gasteiger partial charge in [0.15, 0.2) is 0 Å². The summed E-state index contributed by atoms with van der Waals surface area (Å²) in [5.41, 5.74) is 0.200. The molecule has 0 aromatic heterocycles.